The summed E-state index contributed by atoms with van der Waals surface area (Å²) in [6.45, 7) is 4.03. The van der Waals surface area contributed by atoms with E-state index in [2.05, 4.69) is 11.8 Å². The van der Waals surface area contributed by atoms with Gasteiger partial charge >= 0.3 is 10.1 Å². The topological polar surface area (TPSA) is 46.6 Å². The second-order valence-corrected chi connectivity index (χ2v) is 7.35. The third-order valence-electron chi connectivity index (χ3n) is 3.79. The van der Waals surface area contributed by atoms with Gasteiger partial charge in [0.05, 0.1) is 0 Å². The number of benzene rings is 2. The lowest BCUT2D eigenvalue weighted by Gasteiger charge is -2.23. The van der Waals surface area contributed by atoms with E-state index in [4.69, 9.17) is 4.18 Å². The predicted octanol–water partition coefficient (Wildman–Crippen LogP) is 3.78. The van der Waals surface area contributed by atoms with Gasteiger partial charge < -0.3 is 9.08 Å². The Morgan fingerprint density at radius 1 is 1.00 bits per heavy atom. The van der Waals surface area contributed by atoms with Crippen molar-refractivity contribution in [2.75, 3.05) is 14.1 Å². The lowest BCUT2D eigenvalue weighted by molar-refractivity contribution is 0.292. The van der Waals surface area contributed by atoms with Gasteiger partial charge in [0.1, 0.15) is 10.6 Å². The normalized spacial score (nSPS) is 13.1. The van der Waals surface area contributed by atoms with Crippen molar-refractivity contribution in [3.63, 3.8) is 0 Å². The Balaban J connectivity index is 2.18. The molecular formula is C18H23NO3S. The van der Waals surface area contributed by atoms with E-state index in [0.29, 0.717) is 11.8 Å². The molecule has 0 aromatic heterocycles. The summed E-state index contributed by atoms with van der Waals surface area (Å²) in [5.41, 5.74) is 2.14. The van der Waals surface area contributed by atoms with Crippen molar-refractivity contribution < 1.29 is 12.6 Å². The molecule has 0 amide bonds. The van der Waals surface area contributed by atoms with Crippen LogP contribution in [0.2, 0.25) is 0 Å². The Morgan fingerprint density at radius 2 is 1.57 bits per heavy atom. The summed E-state index contributed by atoms with van der Waals surface area (Å²) >= 11 is 0. The summed E-state index contributed by atoms with van der Waals surface area (Å²) < 4.78 is 29.7. The van der Waals surface area contributed by atoms with E-state index < -0.39 is 10.1 Å². The van der Waals surface area contributed by atoms with Crippen LogP contribution in [0.4, 0.5) is 0 Å². The van der Waals surface area contributed by atoms with Crippen LogP contribution in [-0.2, 0) is 10.1 Å². The SMILES string of the molecule is CCC(c1ccc(OS(=O)(=O)c2ccc(C)cc2)cc1)N(C)C. The maximum Gasteiger partial charge on any atom is 0.339 e. The van der Waals surface area contributed by atoms with Crippen LogP contribution in [0.5, 0.6) is 5.75 Å². The Kier molecular flexibility index (Phi) is 5.44. The van der Waals surface area contributed by atoms with Gasteiger partial charge in [0.2, 0.25) is 0 Å². The summed E-state index contributed by atoms with van der Waals surface area (Å²) in [6.07, 6.45) is 0.981. The maximum atomic E-state index is 12.3. The maximum absolute atomic E-state index is 12.3. The van der Waals surface area contributed by atoms with Gasteiger partial charge in [-0.05, 0) is 57.3 Å². The van der Waals surface area contributed by atoms with Gasteiger partial charge in [-0.1, -0.05) is 36.8 Å². The zero-order valence-electron chi connectivity index (χ0n) is 14.0. The van der Waals surface area contributed by atoms with E-state index in [-0.39, 0.29) is 4.90 Å². The first-order chi connectivity index (χ1) is 10.8. The Morgan fingerprint density at radius 3 is 2.04 bits per heavy atom. The molecular weight excluding hydrogens is 310 g/mol. The molecule has 1 unspecified atom stereocenters. The molecule has 0 saturated carbocycles. The lowest BCUT2D eigenvalue weighted by Crippen LogP contribution is -2.19. The molecule has 0 bridgehead atoms. The van der Waals surface area contributed by atoms with Gasteiger partial charge in [-0.25, -0.2) is 0 Å². The molecule has 124 valence electrons. The molecule has 0 spiro atoms. The van der Waals surface area contributed by atoms with E-state index in [0.717, 1.165) is 17.5 Å². The number of hydrogen-bond acceptors (Lipinski definition) is 4. The average molecular weight is 333 g/mol. The predicted molar refractivity (Wildman–Crippen MR) is 92.2 cm³/mol. The molecule has 0 aliphatic heterocycles. The third-order valence-corrected chi connectivity index (χ3v) is 5.05. The zero-order chi connectivity index (χ0) is 17.0. The Labute approximate surface area is 138 Å². The largest absolute Gasteiger partial charge is 0.379 e. The molecule has 1 atom stereocenters. The monoisotopic (exact) mass is 333 g/mol. The highest BCUT2D eigenvalue weighted by atomic mass is 32.2. The first kappa shape index (κ1) is 17.5. The Bertz CT molecular complexity index is 735. The van der Waals surface area contributed by atoms with Gasteiger partial charge in [0.15, 0.2) is 0 Å². The highest BCUT2D eigenvalue weighted by Crippen LogP contribution is 2.25. The fourth-order valence-electron chi connectivity index (χ4n) is 2.52. The average Bonchev–Trinajstić information content (AvgIpc) is 2.49. The van der Waals surface area contributed by atoms with Crippen LogP contribution in [0.3, 0.4) is 0 Å². The van der Waals surface area contributed by atoms with Crippen molar-refractivity contribution in [3.8, 4) is 5.75 Å². The molecule has 5 heteroatoms. The summed E-state index contributed by atoms with van der Waals surface area (Å²) in [6, 6.07) is 14.1. The van der Waals surface area contributed by atoms with Crippen LogP contribution in [0, 0.1) is 6.92 Å². The summed E-state index contributed by atoms with van der Waals surface area (Å²) in [7, 11) is 0.261. The van der Waals surface area contributed by atoms with E-state index in [1.807, 2.05) is 33.2 Å². The van der Waals surface area contributed by atoms with Crippen LogP contribution < -0.4 is 4.18 Å². The molecule has 2 aromatic carbocycles. The van der Waals surface area contributed by atoms with Crippen LogP contribution >= 0.6 is 0 Å². The lowest BCUT2D eigenvalue weighted by atomic mass is 10.0. The van der Waals surface area contributed by atoms with Crippen LogP contribution in [0.15, 0.2) is 53.4 Å². The van der Waals surface area contributed by atoms with E-state index in [1.54, 1.807) is 36.4 Å². The Hall–Kier alpha value is -1.85. The van der Waals surface area contributed by atoms with Crippen LogP contribution in [-0.4, -0.2) is 27.4 Å². The second kappa shape index (κ2) is 7.15. The highest BCUT2D eigenvalue weighted by molar-refractivity contribution is 7.87. The van der Waals surface area contributed by atoms with E-state index in [9.17, 15) is 8.42 Å². The van der Waals surface area contributed by atoms with Gasteiger partial charge in [0.25, 0.3) is 0 Å². The molecule has 0 N–H and O–H groups in total. The minimum atomic E-state index is -3.80. The van der Waals surface area contributed by atoms with Crippen LogP contribution in [0.1, 0.15) is 30.5 Å². The fourth-order valence-corrected chi connectivity index (χ4v) is 3.45. The first-order valence-electron chi connectivity index (χ1n) is 7.61. The minimum absolute atomic E-state index is 0.159. The third kappa shape index (κ3) is 4.33. The minimum Gasteiger partial charge on any atom is -0.379 e. The van der Waals surface area contributed by atoms with Crippen molar-refractivity contribution in [1.29, 1.82) is 0 Å². The van der Waals surface area contributed by atoms with Crippen molar-refractivity contribution in [3.05, 3.63) is 59.7 Å². The molecule has 2 aromatic rings. The molecule has 23 heavy (non-hydrogen) atoms. The van der Waals surface area contributed by atoms with Crippen molar-refractivity contribution in [2.24, 2.45) is 0 Å². The van der Waals surface area contributed by atoms with Crippen LogP contribution in [0.25, 0.3) is 0 Å². The van der Waals surface area contributed by atoms with Crippen molar-refractivity contribution in [2.45, 2.75) is 31.2 Å². The molecule has 4 nitrogen and oxygen atoms in total. The fraction of sp³-hybridized carbons (Fsp3) is 0.333. The number of rotatable bonds is 6. The molecule has 2 rings (SSSR count). The molecule has 0 aliphatic carbocycles. The quantitative estimate of drug-likeness (QED) is 0.755. The number of nitrogens with zero attached hydrogens (tertiary/aromatic N) is 1. The number of aryl methyl sites for hydroxylation is 1. The molecule has 0 aliphatic rings. The second-order valence-electron chi connectivity index (χ2n) is 5.81. The molecule has 0 fully saturated rings. The van der Waals surface area contributed by atoms with E-state index in [1.165, 1.54) is 0 Å². The molecule has 0 radical (unpaired) electrons. The van der Waals surface area contributed by atoms with E-state index >= 15 is 0 Å². The standard InChI is InChI=1S/C18H23NO3S/c1-5-18(19(3)4)15-8-10-16(11-9-15)22-23(20,21)17-12-6-14(2)7-13-17/h6-13,18H,5H2,1-4H3. The van der Waals surface area contributed by atoms with Crippen molar-refractivity contribution >= 4 is 10.1 Å². The molecule has 0 heterocycles. The zero-order valence-corrected chi connectivity index (χ0v) is 14.8. The summed E-state index contributed by atoms with van der Waals surface area (Å²) in [5, 5.41) is 0. The number of hydrogen-bond donors (Lipinski definition) is 0. The first-order valence-corrected chi connectivity index (χ1v) is 9.02. The molecule has 0 saturated heterocycles. The van der Waals surface area contributed by atoms with Gasteiger partial charge in [-0.15, -0.1) is 0 Å². The van der Waals surface area contributed by atoms with Gasteiger partial charge in [-0.2, -0.15) is 8.42 Å². The summed E-state index contributed by atoms with van der Waals surface area (Å²) in [5.74, 6) is 0.322. The van der Waals surface area contributed by atoms with Crippen molar-refractivity contribution in [1.82, 2.24) is 4.90 Å². The highest BCUT2D eigenvalue weighted by Gasteiger charge is 2.17. The smallest absolute Gasteiger partial charge is 0.339 e. The summed E-state index contributed by atoms with van der Waals surface area (Å²) in [4.78, 5) is 2.30. The van der Waals surface area contributed by atoms with Gasteiger partial charge in [0, 0.05) is 6.04 Å². The van der Waals surface area contributed by atoms with Gasteiger partial charge in [-0.3, -0.25) is 0 Å².